The first kappa shape index (κ1) is 22.8. The molecule has 9 heteroatoms. The van der Waals surface area contributed by atoms with E-state index in [9.17, 15) is 17.6 Å². The Morgan fingerprint density at radius 1 is 0.943 bits per heavy atom. The number of aryl methyl sites for hydroxylation is 1. The monoisotopic (exact) mass is 490 g/mol. The van der Waals surface area contributed by atoms with Gasteiger partial charge in [0.05, 0.1) is 4.90 Å². The summed E-state index contributed by atoms with van der Waals surface area (Å²) in [5.74, 6) is -0.799. The summed E-state index contributed by atoms with van der Waals surface area (Å²) in [7, 11) is -3.72. The number of sulfonamides is 1. The van der Waals surface area contributed by atoms with Gasteiger partial charge in [-0.25, -0.2) is 17.5 Å². The fourth-order valence-electron chi connectivity index (χ4n) is 4.19. The molecule has 2 N–H and O–H groups in total. The summed E-state index contributed by atoms with van der Waals surface area (Å²) in [6.45, 7) is 1.88. The average Bonchev–Trinajstić information content (AvgIpc) is 3.44. The molecule has 4 aromatic rings. The van der Waals surface area contributed by atoms with Gasteiger partial charge in [0.25, 0.3) is 15.9 Å². The van der Waals surface area contributed by atoms with Gasteiger partial charge in [-0.3, -0.25) is 9.52 Å². The standard InChI is InChI=1S/C26H23FN4O3S/c1-17-9-15-20(16-10-17)35(33,34)30-19-13-11-18(12-14-19)28-26(32)25-21-5-4-8-23(21)31(29-25)24-7-3-2-6-22(24)27/h2-3,6-7,9-16,30H,4-5,8H2,1H3,(H,28,32). The van der Waals surface area contributed by atoms with E-state index >= 15 is 0 Å². The molecule has 178 valence electrons. The highest BCUT2D eigenvalue weighted by Crippen LogP contribution is 2.29. The van der Waals surface area contributed by atoms with Crippen molar-refractivity contribution in [1.82, 2.24) is 9.78 Å². The Hall–Kier alpha value is -3.98. The number of nitrogens with zero attached hydrogens (tertiary/aromatic N) is 2. The number of carbonyl (C=O) groups excluding carboxylic acids is 1. The van der Waals surface area contributed by atoms with E-state index in [0.29, 0.717) is 23.5 Å². The zero-order chi connectivity index (χ0) is 24.6. The molecule has 3 aromatic carbocycles. The zero-order valence-corrected chi connectivity index (χ0v) is 19.8. The Morgan fingerprint density at radius 2 is 1.63 bits per heavy atom. The smallest absolute Gasteiger partial charge is 0.276 e. The number of hydrogen-bond acceptors (Lipinski definition) is 4. The fourth-order valence-corrected chi connectivity index (χ4v) is 5.24. The van der Waals surface area contributed by atoms with Crippen LogP contribution in [0, 0.1) is 12.7 Å². The third-order valence-electron chi connectivity index (χ3n) is 5.95. The minimum atomic E-state index is -3.72. The highest BCUT2D eigenvalue weighted by Gasteiger charge is 2.28. The predicted octanol–water partition coefficient (Wildman–Crippen LogP) is 4.86. The van der Waals surface area contributed by atoms with Gasteiger partial charge in [0, 0.05) is 22.6 Å². The Morgan fingerprint density at radius 3 is 2.34 bits per heavy atom. The molecule has 0 saturated heterocycles. The van der Waals surface area contributed by atoms with Crippen molar-refractivity contribution in [2.24, 2.45) is 0 Å². The molecule has 7 nitrogen and oxygen atoms in total. The van der Waals surface area contributed by atoms with Gasteiger partial charge < -0.3 is 5.32 Å². The minimum absolute atomic E-state index is 0.166. The Kier molecular flexibility index (Phi) is 5.86. The Balaban J connectivity index is 1.34. The summed E-state index contributed by atoms with van der Waals surface area (Å²) in [5, 5.41) is 7.25. The van der Waals surface area contributed by atoms with Crippen LogP contribution in [0.1, 0.15) is 33.7 Å². The summed E-state index contributed by atoms with van der Waals surface area (Å²) in [6.07, 6.45) is 2.30. The molecule has 1 aromatic heterocycles. The van der Waals surface area contributed by atoms with E-state index in [2.05, 4.69) is 15.1 Å². The van der Waals surface area contributed by atoms with Crippen LogP contribution in [0.3, 0.4) is 0 Å². The lowest BCUT2D eigenvalue weighted by atomic mass is 10.2. The number of anilines is 2. The predicted molar refractivity (Wildman–Crippen MR) is 132 cm³/mol. The van der Waals surface area contributed by atoms with Crippen LogP contribution in [-0.2, 0) is 22.9 Å². The van der Waals surface area contributed by atoms with Gasteiger partial charge in [-0.1, -0.05) is 29.8 Å². The van der Waals surface area contributed by atoms with Gasteiger partial charge in [-0.05, 0) is 74.7 Å². The van der Waals surface area contributed by atoms with Crippen LogP contribution >= 0.6 is 0 Å². The molecule has 0 fully saturated rings. The summed E-state index contributed by atoms with van der Waals surface area (Å²) in [6, 6.07) is 19.3. The van der Waals surface area contributed by atoms with Crippen molar-refractivity contribution in [3.05, 3.63) is 101 Å². The largest absolute Gasteiger partial charge is 0.321 e. The van der Waals surface area contributed by atoms with E-state index in [-0.39, 0.29) is 10.6 Å². The van der Waals surface area contributed by atoms with Crippen LogP contribution in [0.5, 0.6) is 0 Å². The number of para-hydroxylation sites is 1. The van der Waals surface area contributed by atoms with E-state index in [1.54, 1.807) is 66.7 Å². The molecule has 0 atom stereocenters. The van der Waals surface area contributed by atoms with Crippen LogP contribution in [0.25, 0.3) is 5.69 Å². The molecule has 35 heavy (non-hydrogen) atoms. The molecule has 0 spiro atoms. The molecule has 0 unspecified atom stereocenters. The lowest BCUT2D eigenvalue weighted by molar-refractivity contribution is 0.102. The van der Waals surface area contributed by atoms with Gasteiger partial charge >= 0.3 is 0 Å². The van der Waals surface area contributed by atoms with Crippen LogP contribution in [0.4, 0.5) is 15.8 Å². The summed E-state index contributed by atoms with van der Waals surface area (Å²) in [5.41, 5.74) is 4.08. The van der Waals surface area contributed by atoms with E-state index in [0.717, 1.165) is 29.7 Å². The first-order valence-corrected chi connectivity index (χ1v) is 12.7. The second-order valence-electron chi connectivity index (χ2n) is 8.44. The van der Waals surface area contributed by atoms with Crippen LogP contribution < -0.4 is 10.0 Å². The van der Waals surface area contributed by atoms with Crippen molar-refractivity contribution >= 4 is 27.3 Å². The number of benzene rings is 3. The van der Waals surface area contributed by atoms with Gasteiger partial charge in [0.1, 0.15) is 11.5 Å². The third kappa shape index (κ3) is 4.54. The molecule has 0 bridgehead atoms. The highest BCUT2D eigenvalue weighted by molar-refractivity contribution is 7.92. The van der Waals surface area contributed by atoms with E-state index in [1.807, 2.05) is 6.92 Å². The number of fused-ring (bicyclic) bond motifs is 1. The number of rotatable bonds is 6. The van der Waals surface area contributed by atoms with Gasteiger partial charge in [0.2, 0.25) is 0 Å². The van der Waals surface area contributed by atoms with Crippen molar-refractivity contribution in [3.63, 3.8) is 0 Å². The lowest BCUT2D eigenvalue weighted by Crippen LogP contribution is -2.15. The Bertz CT molecular complexity index is 1510. The molecule has 0 radical (unpaired) electrons. The molecular formula is C26H23FN4O3S. The molecule has 1 heterocycles. The number of carbonyl (C=O) groups is 1. The normalized spacial score (nSPS) is 12.9. The van der Waals surface area contributed by atoms with Crippen molar-refractivity contribution < 1.29 is 17.6 Å². The summed E-state index contributed by atoms with van der Waals surface area (Å²) >= 11 is 0. The van der Waals surface area contributed by atoms with E-state index in [1.165, 1.54) is 10.7 Å². The van der Waals surface area contributed by atoms with Crippen molar-refractivity contribution in [2.75, 3.05) is 10.0 Å². The maximum atomic E-state index is 14.4. The first-order chi connectivity index (χ1) is 16.8. The van der Waals surface area contributed by atoms with Crippen molar-refractivity contribution in [1.29, 1.82) is 0 Å². The average molecular weight is 491 g/mol. The quantitative estimate of drug-likeness (QED) is 0.404. The minimum Gasteiger partial charge on any atom is -0.321 e. The van der Waals surface area contributed by atoms with Crippen molar-refractivity contribution in [2.45, 2.75) is 31.1 Å². The molecule has 1 aliphatic rings. The first-order valence-electron chi connectivity index (χ1n) is 11.2. The number of hydrogen-bond donors (Lipinski definition) is 2. The van der Waals surface area contributed by atoms with Gasteiger partial charge in [0.15, 0.2) is 5.69 Å². The van der Waals surface area contributed by atoms with E-state index < -0.39 is 21.7 Å². The Labute approximate surface area is 202 Å². The second kappa shape index (κ2) is 8.99. The van der Waals surface area contributed by atoms with Crippen LogP contribution in [-0.4, -0.2) is 24.1 Å². The number of amides is 1. The SMILES string of the molecule is Cc1ccc(S(=O)(=O)Nc2ccc(NC(=O)c3nn(-c4ccccc4F)c4c3CCC4)cc2)cc1. The molecule has 1 amide bonds. The topological polar surface area (TPSA) is 93.1 Å². The van der Waals surface area contributed by atoms with Crippen molar-refractivity contribution in [3.8, 4) is 5.69 Å². The maximum absolute atomic E-state index is 14.4. The van der Waals surface area contributed by atoms with E-state index in [4.69, 9.17) is 0 Å². The number of halogens is 1. The molecule has 0 aliphatic heterocycles. The van der Waals surface area contributed by atoms with Crippen LogP contribution in [0.15, 0.2) is 77.7 Å². The number of aromatic nitrogens is 2. The highest BCUT2D eigenvalue weighted by atomic mass is 32.2. The maximum Gasteiger partial charge on any atom is 0.276 e. The lowest BCUT2D eigenvalue weighted by Gasteiger charge is -2.10. The second-order valence-corrected chi connectivity index (χ2v) is 10.1. The zero-order valence-electron chi connectivity index (χ0n) is 19.0. The summed E-state index contributed by atoms with van der Waals surface area (Å²) < 4.78 is 43.6. The van der Waals surface area contributed by atoms with Gasteiger partial charge in [-0.2, -0.15) is 5.10 Å². The third-order valence-corrected chi connectivity index (χ3v) is 7.35. The molecule has 1 aliphatic carbocycles. The van der Waals surface area contributed by atoms with Crippen LogP contribution in [0.2, 0.25) is 0 Å². The molecular weight excluding hydrogens is 467 g/mol. The number of nitrogens with one attached hydrogen (secondary N) is 2. The fraction of sp³-hybridized carbons (Fsp3) is 0.154. The summed E-state index contributed by atoms with van der Waals surface area (Å²) in [4.78, 5) is 13.2. The molecule has 5 rings (SSSR count). The van der Waals surface area contributed by atoms with Gasteiger partial charge in [-0.15, -0.1) is 0 Å². The molecule has 0 saturated carbocycles.